The molecule has 2 saturated heterocycles. The molecule has 11 heteroatoms. The van der Waals surface area contributed by atoms with Crippen LogP contribution in [-0.2, 0) is 27.4 Å². The Morgan fingerprint density at radius 3 is 2.48 bits per heavy atom. The first-order valence-corrected chi connectivity index (χ1v) is 10.3. The highest BCUT2D eigenvalue weighted by Crippen LogP contribution is 2.32. The molecule has 2 N–H and O–H groups in total. The van der Waals surface area contributed by atoms with Gasteiger partial charge in [-0.2, -0.15) is 13.2 Å². The van der Waals surface area contributed by atoms with Gasteiger partial charge in [-0.25, -0.2) is 9.18 Å². The zero-order chi connectivity index (χ0) is 24.0. The molecule has 1 aromatic carbocycles. The number of nitrogens with one attached hydrogen (secondary N) is 1. The number of halogens is 4. The number of piperidine rings is 1. The molecule has 0 bridgehead atoms. The first kappa shape index (κ1) is 24.7. The molecule has 0 aliphatic carbocycles. The molecule has 1 aromatic heterocycles. The molecule has 0 saturated carbocycles. The van der Waals surface area contributed by atoms with Crippen molar-refractivity contribution >= 4 is 11.9 Å². The average molecular weight is 472 g/mol. The summed E-state index contributed by atoms with van der Waals surface area (Å²) >= 11 is 0. The van der Waals surface area contributed by atoms with E-state index >= 15 is 0 Å². The largest absolute Gasteiger partial charge is 0.490 e. The van der Waals surface area contributed by atoms with E-state index in [4.69, 9.17) is 19.1 Å². The van der Waals surface area contributed by atoms with Crippen molar-refractivity contribution in [3.8, 4) is 0 Å². The number of fused-ring (bicyclic) bond motifs is 1. The van der Waals surface area contributed by atoms with Crippen LogP contribution in [0.5, 0.6) is 0 Å². The third-order valence-corrected chi connectivity index (χ3v) is 5.54. The first-order chi connectivity index (χ1) is 15.6. The zero-order valence-corrected chi connectivity index (χ0v) is 17.6. The number of carboxylic acids is 1. The summed E-state index contributed by atoms with van der Waals surface area (Å²) in [5.74, 6) is -2.34. The molecule has 180 valence electrons. The number of nitrogens with zero attached hydrogens (tertiary/aromatic N) is 1. The number of carbonyl (C=O) groups excluding carboxylic acids is 1. The summed E-state index contributed by atoms with van der Waals surface area (Å²) < 4.78 is 56.0. The van der Waals surface area contributed by atoms with Crippen LogP contribution in [-0.4, -0.2) is 53.4 Å². The second-order valence-electron chi connectivity index (χ2n) is 7.85. The maximum atomic E-state index is 13.2. The number of aliphatic carboxylic acids is 1. The number of carbonyl (C=O) groups is 2. The van der Waals surface area contributed by atoms with Crippen LogP contribution in [0.1, 0.15) is 24.2 Å². The van der Waals surface area contributed by atoms with E-state index in [1.807, 2.05) is 12.1 Å². The van der Waals surface area contributed by atoms with Crippen molar-refractivity contribution in [1.82, 2.24) is 10.2 Å². The van der Waals surface area contributed by atoms with Gasteiger partial charge in [-0.05, 0) is 42.7 Å². The summed E-state index contributed by atoms with van der Waals surface area (Å²) in [6.45, 7) is 2.52. The highest BCUT2D eigenvalue weighted by Gasteiger charge is 2.42. The molecule has 4 rings (SSSR count). The van der Waals surface area contributed by atoms with Crippen molar-refractivity contribution in [2.75, 3.05) is 13.2 Å². The number of ether oxygens (including phenoxy) is 1. The fourth-order valence-corrected chi connectivity index (χ4v) is 3.98. The standard InChI is InChI=1S/C20H23FN2O3.C2HF3O2/c21-16-5-3-14(4-6-16)12-23-13-15(10-19-18(23)7-9-26-19)20(24)22-11-17-2-1-8-25-17;3-2(4,5)1(6)7/h1-6,8,15,18-19H,7,9-13H2,(H,22,24);(H,6,7)/t15-,18+,19+;/m0./s1. The Morgan fingerprint density at radius 2 is 1.88 bits per heavy atom. The average Bonchev–Trinajstić information content (AvgIpc) is 3.45. The van der Waals surface area contributed by atoms with Crippen molar-refractivity contribution in [2.24, 2.45) is 5.92 Å². The van der Waals surface area contributed by atoms with Crippen molar-refractivity contribution in [3.05, 3.63) is 59.8 Å². The van der Waals surface area contributed by atoms with Gasteiger partial charge in [0.2, 0.25) is 5.91 Å². The number of hydrogen-bond donors (Lipinski definition) is 2. The van der Waals surface area contributed by atoms with Crippen LogP contribution in [0, 0.1) is 11.7 Å². The lowest BCUT2D eigenvalue weighted by atomic mass is 9.89. The van der Waals surface area contributed by atoms with E-state index in [2.05, 4.69) is 10.2 Å². The summed E-state index contributed by atoms with van der Waals surface area (Å²) in [6.07, 6.45) is -1.67. The molecule has 0 spiro atoms. The van der Waals surface area contributed by atoms with Crippen LogP contribution in [0.25, 0.3) is 0 Å². The molecule has 2 aliphatic rings. The van der Waals surface area contributed by atoms with E-state index in [0.717, 1.165) is 30.8 Å². The number of alkyl halides is 3. The summed E-state index contributed by atoms with van der Waals surface area (Å²) in [4.78, 5) is 23.8. The van der Waals surface area contributed by atoms with Gasteiger partial charge in [0.05, 0.1) is 24.8 Å². The Balaban J connectivity index is 0.000000383. The van der Waals surface area contributed by atoms with Crippen LogP contribution < -0.4 is 5.32 Å². The van der Waals surface area contributed by atoms with Crippen LogP contribution >= 0.6 is 0 Å². The van der Waals surface area contributed by atoms with Gasteiger partial charge >= 0.3 is 12.1 Å². The van der Waals surface area contributed by atoms with Crippen LogP contribution in [0.4, 0.5) is 17.6 Å². The minimum atomic E-state index is -5.08. The van der Waals surface area contributed by atoms with E-state index in [9.17, 15) is 22.4 Å². The molecule has 0 radical (unpaired) electrons. The van der Waals surface area contributed by atoms with Crippen LogP contribution in [0.2, 0.25) is 0 Å². The molecule has 2 aromatic rings. The second kappa shape index (κ2) is 10.8. The van der Waals surface area contributed by atoms with Crippen molar-refractivity contribution in [2.45, 2.75) is 44.3 Å². The normalized spacial score (nSPS) is 22.7. The summed E-state index contributed by atoms with van der Waals surface area (Å²) in [7, 11) is 0. The lowest BCUT2D eigenvalue weighted by Crippen LogP contribution is -2.52. The molecule has 2 aliphatic heterocycles. The van der Waals surface area contributed by atoms with Crippen LogP contribution in [0.15, 0.2) is 47.1 Å². The Hall–Kier alpha value is -2.92. The van der Waals surface area contributed by atoms with Crippen molar-refractivity contribution in [3.63, 3.8) is 0 Å². The van der Waals surface area contributed by atoms with Gasteiger partial charge in [0, 0.05) is 25.7 Å². The van der Waals surface area contributed by atoms with Gasteiger partial charge in [-0.1, -0.05) is 12.1 Å². The van der Waals surface area contributed by atoms with Gasteiger partial charge in [0.25, 0.3) is 0 Å². The van der Waals surface area contributed by atoms with E-state index in [0.29, 0.717) is 25.7 Å². The van der Waals surface area contributed by atoms with Crippen LogP contribution in [0.3, 0.4) is 0 Å². The molecule has 3 heterocycles. The molecular weight excluding hydrogens is 448 g/mol. The number of benzene rings is 1. The smallest absolute Gasteiger partial charge is 0.475 e. The van der Waals surface area contributed by atoms with E-state index in [-0.39, 0.29) is 23.7 Å². The monoisotopic (exact) mass is 472 g/mol. The maximum absolute atomic E-state index is 13.2. The number of carboxylic acid groups (broad SMARTS) is 1. The lowest BCUT2D eigenvalue weighted by Gasteiger charge is -2.40. The zero-order valence-electron chi connectivity index (χ0n) is 17.6. The Labute approximate surface area is 187 Å². The van der Waals surface area contributed by atoms with Gasteiger partial charge in [-0.15, -0.1) is 0 Å². The summed E-state index contributed by atoms with van der Waals surface area (Å²) in [6, 6.07) is 10.6. The molecule has 2 fully saturated rings. The molecule has 1 amide bonds. The maximum Gasteiger partial charge on any atom is 0.490 e. The van der Waals surface area contributed by atoms with Crippen molar-refractivity contribution in [1.29, 1.82) is 0 Å². The predicted octanol–water partition coefficient (Wildman–Crippen LogP) is 3.35. The van der Waals surface area contributed by atoms with Gasteiger partial charge < -0.3 is 19.6 Å². The molecule has 0 unspecified atom stereocenters. The predicted molar refractivity (Wildman–Crippen MR) is 107 cm³/mol. The Morgan fingerprint density at radius 1 is 1.18 bits per heavy atom. The number of rotatable bonds is 5. The molecule has 3 atom stereocenters. The third kappa shape index (κ3) is 7.03. The number of likely N-dealkylation sites (tertiary alicyclic amines) is 1. The minimum absolute atomic E-state index is 0.0273. The Bertz CT molecular complexity index is 918. The summed E-state index contributed by atoms with van der Waals surface area (Å²) in [5, 5.41) is 10.1. The quantitative estimate of drug-likeness (QED) is 0.649. The van der Waals surface area contributed by atoms with Crippen molar-refractivity contribution < 1.29 is 41.4 Å². The SMILES string of the molecule is O=C(NCc1ccco1)[C@H]1C[C@H]2OCC[C@H]2N(Cc2ccc(F)cc2)C1.O=C(O)C(F)(F)F. The molecule has 33 heavy (non-hydrogen) atoms. The molecule has 7 nitrogen and oxygen atoms in total. The minimum Gasteiger partial charge on any atom is -0.475 e. The summed E-state index contributed by atoms with van der Waals surface area (Å²) in [5.41, 5.74) is 1.05. The van der Waals surface area contributed by atoms with E-state index in [1.54, 1.807) is 18.4 Å². The highest BCUT2D eigenvalue weighted by molar-refractivity contribution is 5.79. The lowest BCUT2D eigenvalue weighted by molar-refractivity contribution is -0.192. The fraction of sp³-hybridized carbons (Fsp3) is 0.455. The highest BCUT2D eigenvalue weighted by atomic mass is 19.4. The Kier molecular flexibility index (Phi) is 8.09. The topological polar surface area (TPSA) is 92.0 Å². The van der Waals surface area contributed by atoms with E-state index in [1.165, 1.54) is 12.1 Å². The first-order valence-electron chi connectivity index (χ1n) is 10.3. The van der Waals surface area contributed by atoms with E-state index < -0.39 is 12.1 Å². The third-order valence-electron chi connectivity index (χ3n) is 5.54. The van der Waals surface area contributed by atoms with Gasteiger partial charge in [0.1, 0.15) is 11.6 Å². The number of hydrogen-bond acceptors (Lipinski definition) is 5. The second-order valence-corrected chi connectivity index (χ2v) is 7.85. The fourth-order valence-electron chi connectivity index (χ4n) is 3.98. The number of amides is 1. The number of furan rings is 1. The molecular formula is C22H24F4N2O5. The van der Waals surface area contributed by atoms with Gasteiger partial charge in [0.15, 0.2) is 0 Å². The van der Waals surface area contributed by atoms with Gasteiger partial charge in [-0.3, -0.25) is 9.69 Å².